The number of nitrogens with zero attached hydrogens (tertiary/aromatic N) is 4. The third-order valence-electron chi connectivity index (χ3n) is 4.55. The lowest BCUT2D eigenvalue weighted by Gasteiger charge is -2.29. The number of aromatic nitrogens is 3. The summed E-state index contributed by atoms with van der Waals surface area (Å²) in [6.07, 6.45) is 1.36. The van der Waals surface area contributed by atoms with Crippen LogP contribution in [0.15, 0.2) is 66.5 Å². The monoisotopic (exact) mass is 391 g/mol. The van der Waals surface area contributed by atoms with Gasteiger partial charge in [-0.2, -0.15) is 10.1 Å². The molecule has 3 aromatic rings. The molecule has 1 aliphatic rings. The van der Waals surface area contributed by atoms with Crippen LogP contribution >= 0.6 is 0 Å². The number of carbonyl (C=O) groups is 1. The molecule has 29 heavy (non-hydrogen) atoms. The van der Waals surface area contributed by atoms with E-state index in [0.717, 1.165) is 5.56 Å². The minimum absolute atomic E-state index is 0.0767. The van der Waals surface area contributed by atoms with Crippen LogP contribution in [0, 0.1) is 10.1 Å². The fraction of sp³-hybridized carbons (Fsp3) is 0.150. The highest BCUT2D eigenvalue weighted by Crippen LogP contribution is 2.39. The molecule has 146 valence electrons. The maximum atomic E-state index is 13.0. The largest absolute Gasteiger partial charge is 0.463 e. The van der Waals surface area contributed by atoms with Crippen LogP contribution in [0.3, 0.4) is 0 Å². The number of hydrogen-bond acceptors (Lipinski definition) is 7. The lowest BCUT2D eigenvalue weighted by molar-refractivity contribution is -0.384. The van der Waals surface area contributed by atoms with Gasteiger partial charge in [0.15, 0.2) is 0 Å². The van der Waals surface area contributed by atoms with Gasteiger partial charge in [-0.25, -0.2) is 9.48 Å². The fourth-order valence-corrected chi connectivity index (χ4v) is 3.34. The summed E-state index contributed by atoms with van der Waals surface area (Å²) in [4.78, 5) is 28.0. The van der Waals surface area contributed by atoms with Gasteiger partial charge >= 0.3 is 5.97 Å². The number of ether oxygens (including phenoxy) is 1. The zero-order valence-electron chi connectivity index (χ0n) is 15.5. The summed E-state index contributed by atoms with van der Waals surface area (Å²) in [6, 6.07) is 14.7. The van der Waals surface area contributed by atoms with E-state index in [4.69, 9.17) is 4.74 Å². The van der Waals surface area contributed by atoms with Crippen LogP contribution in [0.25, 0.3) is 5.70 Å². The minimum atomic E-state index is -0.733. The predicted octanol–water partition coefficient (Wildman–Crippen LogP) is 3.18. The summed E-state index contributed by atoms with van der Waals surface area (Å²) in [5, 5.41) is 18.7. The molecule has 0 fully saturated rings. The number of nitro groups is 1. The number of fused-ring (bicyclic) bond motifs is 1. The van der Waals surface area contributed by atoms with Crippen LogP contribution in [0.2, 0.25) is 0 Å². The fourth-order valence-electron chi connectivity index (χ4n) is 3.34. The molecule has 9 heteroatoms. The van der Waals surface area contributed by atoms with Crippen LogP contribution in [-0.4, -0.2) is 32.3 Å². The van der Waals surface area contributed by atoms with Crippen molar-refractivity contribution in [2.24, 2.45) is 0 Å². The molecular weight excluding hydrogens is 374 g/mol. The Balaban J connectivity index is 1.97. The summed E-state index contributed by atoms with van der Waals surface area (Å²) in [6.45, 7) is 1.91. The third kappa shape index (κ3) is 3.33. The molecule has 9 nitrogen and oxygen atoms in total. The summed E-state index contributed by atoms with van der Waals surface area (Å²) < 4.78 is 6.85. The topological polar surface area (TPSA) is 112 Å². The van der Waals surface area contributed by atoms with Gasteiger partial charge in [-0.15, -0.1) is 0 Å². The van der Waals surface area contributed by atoms with E-state index in [0.29, 0.717) is 22.8 Å². The zero-order valence-corrected chi connectivity index (χ0v) is 15.5. The Kier molecular flexibility index (Phi) is 4.78. The van der Waals surface area contributed by atoms with Crippen LogP contribution in [0.4, 0.5) is 11.6 Å². The molecule has 2 heterocycles. The number of rotatable bonds is 5. The molecule has 1 aromatic heterocycles. The van der Waals surface area contributed by atoms with Crippen molar-refractivity contribution in [3.63, 3.8) is 0 Å². The number of nitrogens with one attached hydrogen (secondary N) is 1. The lowest BCUT2D eigenvalue weighted by Crippen LogP contribution is -2.30. The molecule has 0 spiro atoms. The van der Waals surface area contributed by atoms with Crippen molar-refractivity contribution in [3.8, 4) is 0 Å². The number of benzene rings is 2. The molecule has 0 bridgehead atoms. The van der Waals surface area contributed by atoms with Crippen molar-refractivity contribution in [2.75, 3.05) is 11.9 Å². The molecule has 1 aliphatic heterocycles. The van der Waals surface area contributed by atoms with E-state index in [2.05, 4.69) is 15.4 Å². The molecule has 0 unspecified atom stereocenters. The maximum absolute atomic E-state index is 13.0. The minimum Gasteiger partial charge on any atom is -0.463 e. The number of carbonyl (C=O) groups excluding carboxylic acids is 1. The summed E-state index contributed by atoms with van der Waals surface area (Å²) in [7, 11) is 0. The Morgan fingerprint density at radius 2 is 2.03 bits per heavy atom. The summed E-state index contributed by atoms with van der Waals surface area (Å²) >= 11 is 0. The second kappa shape index (κ2) is 7.55. The molecule has 2 aromatic carbocycles. The first-order valence-corrected chi connectivity index (χ1v) is 8.97. The summed E-state index contributed by atoms with van der Waals surface area (Å²) in [5.74, 6) is -0.107. The van der Waals surface area contributed by atoms with Crippen molar-refractivity contribution >= 4 is 23.3 Å². The number of anilines is 1. The second-order valence-electron chi connectivity index (χ2n) is 6.28. The average Bonchev–Trinajstić information content (AvgIpc) is 3.21. The van der Waals surface area contributed by atoms with E-state index in [1.807, 2.05) is 30.3 Å². The Hall–Kier alpha value is -4.01. The van der Waals surface area contributed by atoms with Crippen molar-refractivity contribution in [3.05, 3.63) is 87.7 Å². The van der Waals surface area contributed by atoms with Crippen LogP contribution in [0.5, 0.6) is 0 Å². The first kappa shape index (κ1) is 18.4. The maximum Gasteiger partial charge on any atom is 0.338 e. The van der Waals surface area contributed by atoms with Crippen molar-refractivity contribution in [2.45, 2.75) is 13.0 Å². The van der Waals surface area contributed by atoms with Crippen molar-refractivity contribution < 1.29 is 14.5 Å². The van der Waals surface area contributed by atoms with Gasteiger partial charge in [0, 0.05) is 12.1 Å². The van der Waals surface area contributed by atoms with E-state index in [9.17, 15) is 14.9 Å². The predicted molar refractivity (Wildman–Crippen MR) is 105 cm³/mol. The molecule has 0 aliphatic carbocycles. The normalized spacial score (nSPS) is 15.4. The molecule has 1 N–H and O–H groups in total. The lowest BCUT2D eigenvalue weighted by atomic mass is 9.92. The molecule has 1 atom stereocenters. The molecular formula is C20H17N5O4. The van der Waals surface area contributed by atoms with Crippen LogP contribution < -0.4 is 5.32 Å². The second-order valence-corrected chi connectivity index (χ2v) is 6.28. The number of non-ortho nitro benzene ring substituents is 1. The van der Waals surface area contributed by atoms with E-state index in [-0.39, 0.29) is 12.3 Å². The van der Waals surface area contributed by atoms with Gasteiger partial charge in [-0.3, -0.25) is 10.1 Å². The zero-order chi connectivity index (χ0) is 20.4. The van der Waals surface area contributed by atoms with Crippen LogP contribution in [-0.2, 0) is 9.53 Å². The smallest absolute Gasteiger partial charge is 0.338 e. The van der Waals surface area contributed by atoms with Crippen molar-refractivity contribution in [1.82, 2.24) is 14.8 Å². The first-order valence-electron chi connectivity index (χ1n) is 8.97. The van der Waals surface area contributed by atoms with Crippen molar-refractivity contribution in [1.29, 1.82) is 0 Å². The number of esters is 1. The molecule has 0 radical (unpaired) electrons. The SMILES string of the molecule is CCOC(=O)C1=C(c2ccccc2)Nc2ncnn2[C@@H]1c1cccc([N+](=O)[O-])c1. The van der Waals surface area contributed by atoms with Gasteiger partial charge in [-0.05, 0) is 18.1 Å². The molecule has 4 rings (SSSR count). The first-order chi connectivity index (χ1) is 14.1. The highest BCUT2D eigenvalue weighted by molar-refractivity contribution is 6.02. The quantitative estimate of drug-likeness (QED) is 0.404. The Bertz CT molecular complexity index is 1110. The van der Waals surface area contributed by atoms with Gasteiger partial charge < -0.3 is 10.1 Å². The van der Waals surface area contributed by atoms with Gasteiger partial charge in [0.1, 0.15) is 12.4 Å². The standard InChI is InChI=1S/C20H17N5O4/c1-2-29-19(26)16-17(13-7-4-3-5-8-13)23-20-21-12-22-24(20)18(16)14-9-6-10-15(11-14)25(27)28/h3-12,18H,2H2,1H3,(H,21,22,23)/t18-/m1/s1. The highest BCUT2D eigenvalue weighted by atomic mass is 16.6. The number of nitro benzene ring substituents is 1. The Morgan fingerprint density at radius 3 is 2.76 bits per heavy atom. The van der Waals surface area contributed by atoms with Gasteiger partial charge in [0.05, 0.1) is 22.8 Å². The Labute approximate surface area is 165 Å². The average molecular weight is 391 g/mol. The summed E-state index contributed by atoms with van der Waals surface area (Å²) in [5.41, 5.74) is 2.05. The van der Waals surface area contributed by atoms with E-state index < -0.39 is 16.9 Å². The van der Waals surface area contributed by atoms with E-state index >= 15 is 0 Å². The Morgan fingerprint density at radius 1 is 1.24 bits per heavy atom. The third-order valence-corrected chi connectivity index (χ3v) is 4.55. The molecule has 0 saturated heterocycles. The van der Waals surface area contributed by atoms with Crippen LogP contribution in [0.1, 0.15) is 24.1 Å². The van der Waals surface area contributed by atoms with Gasteiger partial charge in [0.2, 0.25) is 5.95 Å². The number of hydrogen-bond donors (Lipinski definition) is 1. The highest BCUT2D eigenvalue weighted by Gasteiger charge is 2.36. The molecule has 0 saturated carbocycles. The van der Waals surface area contributed by atoms with E-state index in [1.54, 1.807) is 19.1 Å². The van der Waals surface area contributed by atoms with Gasteiger partial charge in [0.25, 0.3) is 5.69 Å². The van der Waals surface area contributed by atoms with Gasteiger partial charge in [-0.1, -0.05) is 42.5 Å². The molecule has 0 amide bonds. The van der Waals surface area contributed by atoms with E-state index in [1.165, 1.54) is 23.1 Å².